The van der Waals surface area contributed by atoms with Crippen molar-refractivity contribution in [1.82, 2.24) is 15.2 Å². The number of rotatable bonds is 2. The Morgan fingerprint density at radius 3 is 3.05 bits per heavy atom. The Hall–Kier alpha value is -1.63. The lowest BCUT2D eigenvalue weighted by Gasteiger charge is -2.16. The zero-order chi connectivity index (χ0) is 13.8. The molecule has 1 aromatic heterocycles. The number of hydrogen-bond donors (Lipinski definition) is 1. The fourth-order valence-corrected chi connectivity index (χ4v) is 2.37. The second kappa shape index (κ2) is 6.01. The summed E-state index contributed by atoms with van der Waals surface area (Å²) in [5.74, 6) is -0.0581. The number of ether oxygens (including phenoxy) is 1. The molecule has 1 atom stereocenters. The van der Waals surface area contributed by atoms with Crippen molar-refractivity contribution >= 4 is 27.9 Å². The lowest BCUT2D eigenvalue weighted by molar-refractivity contribution is 0.0788. The third-order valence-corrected chi connectivity index (χ3v) is 3.39. The number of likely N-dealkylation sites (tertiary alicyclic amines) is 1. The van der Waals surface area contributed by atoms with Crippen LogP contribution in [0.5, 0.6) is 0 Å². The Balaban J connectivity index is 1.97. The van der Waals surface area contributed by atoms with E-state index in [-0.39, 0.29) is 11.9 Å². The van der Waals surface area contributed by atoms with Crippen LogP contribution in [-0.2, 0) is 4.74 Å². The van der Waals surface area contributed by atoms with Crippen LogP contribution >= 0.6 is 15.9 Å². The van der Waals surface area contributed by atoms with Gasteiger partial charge in [0.15, 0.2) is 0 Å². The first kappa shape index (κ1) is 13.8. The van der Waals surface area contributed by atoms with Gasteiger partial charge in [-0.15, -0.1) is 0 Å². The Morgan fingerprint density at radius 2 is 2.37 bits per heavy atom. The molecule has 19 heavy (non-hydrogen) atoms. The number of pyridine rings is 1. The zero-order valence-electron chi connectivity index (χ0n) is 10.4. The van der Waals surface area contributed by atoms with Crippen molar-refractivity contribution in [3.05, 3.63) is 28.5 Å². The van der Waals surface area contributed by atoms with E-state index >= 15 is 0 Å². The molecule has 6 nitrogen and oxygen atoms in total. The molecule has 0 bridgehead atoms. The van der Waals surface area contributed by atoms with Gasteiger partial charge in [-0.05, 0) is 34.5 Å². The van der Waals surface area contributed by atoms with Crippen LogP contribution < -0.4 is 5.32 Å². The quantitative estimate of drug-likeness (QED) is 0.834. The Bertz CT molecular complexity index is 495. The van der Waals surface area contributed by atoms with E-state index in [0.717, 1.165) is 6.42 Å². The van der Waals surface area contributed by atoms with E-state index in [4.69, 9.17) is 0 Å². The van der Waals surface area contributed by atoms with E-state index in [2.05, 4.69) is 31.0 Å². The predicted octanol–water partition coefficient (Wildman–Crippen LogP) is 1.41. The molecule has 1 saturated heterocycles. The molecule has 1 fully saturated rings. The van der Waals surface area contributed by atoms with Crippen LogP contribution in [0.15, 0.2) is 22.9 Å². The summed E-state index contributed by atoms with van der Waals surface area (Å²) in [5.41, 5.74) is 0.584. The van der Waals surface area contributed by atoms with Gasteiger partial charge in [0.25, 0.3) is 5.91 Å². The summed E-state index contributed by atoms with van der Waals surface area (Å²) in [7, 11) is 1.32. The van der Waals surface area contributed by atoms with Gasteiger partial charge in [-0.3, -0.25) is 4.79 Å². The summed E-state index contributed by atoms with van der Waals surface area (Å²) < 4.78 is 5.17. The van der Waals surface area contributed by atoms with Crippen molar-refractivity contribution in [2.45, 2.75) is 12.5 Å². The SMILES string of the molecule is COC(=O)NC1CCN(C(=O)c2ccnc(Br)c2)C1. The van der Waals surface area contributed by atoms with Crippen molar-refractivity contribution in [2.75, 3.05) is 20.2 Å². The van der Waals surface area contributed by atoms with Gasteiger partial charge in [0.2, 0.25) is 0 Å². The van der Waals surface area contributed by atoms with Crippen molar-refractivity contribution in [2.24, 2.45) is 0 Å². The minimum Gasteiger partial charge on any atom is -0.453 e. The van der Waals surface area contributed by atoms with E-state index in [1.165, 1.54) is 7.11 Å². The number of nitrogens with zero attached hydrogens (tertiary/aromatic N) is 2. The van der Waals surface area contributed by atoms with Gasteiger partial charge >= 0.3 is 6.09 Å². The van der Waals surface area contributed by atoms with Gasteiger partial charge in [-0.1, -0.05) is 0 Å². The van der Waals surface area contributed by atoms with E-state index in [1.807, 2.05) is 0 Å². The minimum absolute atomic E-state index is 0.0540. The van der Waals surface area contributed by atoms with Crippen molar-refractivity contribution in [1.29, 1.82) is 0 Å². The number of methoxy groups -OCH3 is 1. The zero-order valence-corrected chi connectivity index (χ0v) is 12.0. The molecule has 1 unspecified atom stereocenters. The van der Waals surface area contributed by atoms with Gasteiger partial charge < -0.3 is 15.0 Å². The molecule has 1 aromatic rings. The van der Waals surface area contributed by atoms with E-state index in [1.54, 1.807) is 23.2 Å². The highest BCUT2D eigenvalue weighted by molar-refractivity contribution is 9.10. The molecule has 7 heteroatoms. The first-order valence-corrected chi connectivity index (χ1v) is 6.64. The minimum atomic E-state index is -0.467. The number of hydrogen-bond acceptors (Lipinski definition) is 4. The molecular weight excluding hydrogens is 314 g/mol. The normalized spacial score (nSPS) is 18.2. The average Bonchev–Trinajstić information content (AvgIpc) is 2.86. The molecule has 0 aliphatic carbocycles. The number of carbonyl (C=O) groups is 2. The fourth-order valence-electron chi connectivity index (χ4n) is 2.01. The number of alkyl carbamates (subject to hydrolysis) is 1. The topological polar surface area (TPSA) is 71.5 Å². The van der Waals surface area contributed by atoms with Crippen LogP contribution in [0.4, 0.5) is 4.79 Å². The molecule has 2 amide bonds. The third kappa shape index (κ3) is 3.44. The summed E-state index contributed by atoms with van der Waals surface area (Å²) in [6, 6.07) is 3.30. The first-order chi connectivity index (χ1) is 9.10. The molecule has 2 rings (SSSR count). The number of halogens is 1. The second-order valence-corrected chi connectivity index (χ2v) is 5.05. The van der Waals surface area contributed by atoms with Gasteiger partial charge in [0, 0.05) is 24.8 Å². The first-order valence-electron chi connectivity index (χ1n) is 5.85. The second-order valence-electron chi connectivity index (χ2n) is 4.24. The summed E-state index contributed by atoms with van der Waals surface area (Å²) in [4.78, 5) is 29.0. The van der Waals surface area contributed by atoms with E-state index in [9.17, 15) is 9.59 Å². The monoisotopic (exact) mass is 327 g/mol. The number of aromatic nitrogens is 1. The standard InChI is InChI=1S/C12H14BrN3O3/c1-19-12(18)15-9-3-5-16(7-9)11(17)8-2-4-14-10(13)6-8/h2,4,6,9H,3,5,7H2,1H3,(H,15,18). The summed E-state index contributed by atoms with van der Waals surface area (Å²) in [6.45, 7) is 1.11. The maximum Gasteiger partial charge on any atom is 0.407 e. The largest absolute Gasteiger partial charge is 0.453 e. The number of carbonyl (C=O) groups excluding carboxylic acids is 2. The molecule has 0 spiro atoms. The molecule has 1 aliphatic rings. The van der Waals surface area contributed by atoms with Crippen LogP contribution in [0.3, 0.4) is 0 Å². The van der Waals surface area contributed by atoms with Gasteiger partial charge in [0.05, 0.1) is 13.2 Å². The van der Waals surface area contributed by atoms with Crippen molar-refractivity contribution < 1.29 is 14.3 Å². The van der Waals surface area contributed by atoms with E-state index in [0.29, 0.717) is 23.3 Å². The highest BCUT2D eigenvalue weighted by atomic mass is 79.9. The molecular formula is C12H14BrN3O3. The lowest BCUT2D eigenvalue weighted by atomic mass is 10.2. The van der Waals surface area contributed by atoms with Crippen LogP contribution in [0.25, 0.3) is 0 Å². The van der Waals surface area contributed by atoms with Gasteiger partial charge in [-0.25, -0.2) is 9.78 Å². The highest BCUT2D eigenvalue weighted by Crippen LogP contribution is 2.15. The number of amides is 2. The van der Waals surface area contributed by atoms with Crippen LogP contribution in [0, 0.1) is 0 Å². The molecule has 1 N–H and O–H groups in total. The van der Waals surface area contributed by atoms with Crippen molar-refractivity contribution in [3.63, 3.8) is 0 Å². The van der Waals surface area contributed by atoms with Gasteiger partial charge in [-0.2, -0.15) is 0 Å². The third-order valence-electron chi connectivity index (χ3n) is 2.96. The smallest absolute Gasteiger partial charge is 0.407 e. The Morgan fingerprint density at radius 1 is 1.58 bits per heavy atom. The maximum atomic E-state index is 12.2. The molecule has 1 aliphatic heterocycles. The highest BCUT2D eigenvalue weighted by Gasteiger charge is 2.28. The average molecular weight is 328 g/mol. The molecule has 0 radical (unpaired) electrons. The molecule has 2 heterocycles. The summed E-state index contributed by atoms with van der Waals surface area (Å²) in [6.07, 6.45) is 1.84. The van der Waals surface area contributed by atoms with Crippen LogP contribution in [-0.4, -0.2) is 48.1 Å². The number of nitrogens with one attached hydrogen (secondary N) is 1. The Labute approximate surface area is 119 Å². The fraction of sp³-hybridized carbons (Fsp3) is 0.417. The van der Waals surface area contributed by atoms with Gasteiger partial charge in [0.1, 0.15) is 4.60 Å². The van der Waals surface area contributed by atoms with Crippen LogP contribution in [0.2, 0.25) is 0 Å². The van der Waals surface area contributed by atoms with E-state index < -0.39 is 6.09 Å². The molecule has 0 aromatic carbocycles. The summed E-state index contributed by atoms with van der Waals surface area (Å²) >= 11 is 3.24. The maximum absolute atomic E-state index is 12.2. The summed E-state index contributed by atoms with van der Waals surface area (Å²) in [5, 5.41) is 2.70. The molecule has 102 valence electrons. The Kier molecular flexibility index (Phi) is 4.36. The van der Waals surface area contributed by atoms with Crippen molar-refractivity contribution in [3.8, 4) is 0 Å². The van der Waals surface area contributed by atoms with Crippen LogP contribution in [0.1, 0.15) is 16.8 Å². The lowest BCUT2D eigenvalue weighted by Crippen LogP contribution is -2.38. The predicted molar refractivity (Wildman–Crippen MR) is 71.8 cm³/mol. The molecule has 0 saturated carbocycles.